The van der Waals surface area contributed by atoms with Crippen LogP contribution in [0, 0.1) is 5.92 Å². The third-order valence-corrected chi connectivity index (χ3v) is 5.17. The molecule has 3 nitrogen and oxygen atoms in total. The van der Waals surface area contributed by atoms with Crippen LogP contribution in [0.2, 0.25) is 0 Å². The van der Waals surface area contributed by atoms with E-state index in [4.69, 9.17) is 14.2 Å². The summed E-state index contributed by atoms with van der Waals surface area (Å²) in [6.07, 6.45) is 4.98. The van der Waals surface area contributed by atoms with Crippen molar-refractivity contribution in [2.45, 2.75) is 43.5 Å². The first kappa shape index (κ1) is 15.2. The van der Waals surface area contributed by atoms with Gasteiger partial charge in [0.1, 0.15) is 0 Å². The summed E-state index contributed by atoms with van der Waals surface area (Å²) in [5, 5.41) is 0. The molecule has 0 spiro atoms. The second kappa shape index (κ2) is 7.01. The molecule has 0 saturated heterocycles. The first-order valence-electron chi connectivity index (χ1n) is 7.91. The fourth-order valence-corrected chi connectivity index (χ4v) is 3.86. The van der Waals surface area contributed by atoms with Gasteiger partial charge < -0.3 is 14.2 Å². The molecule has 1 aromatic rings. The fraction of sp³-hybridized carbons (Fsp3) is 0.647. The van der Waals surface area contributed by atoms with Crippen molar-refractivity contribution in [3.63, 3.8) is 0 Å². The van der Waals surface area contributed by atoms with Gasteiger partial charge in [0.15, 0.2) is 11.5 Å². The Morgan fingerprint density at radius 3 is 2.76 bits per heavy atom. The Kier molecular flexibility index (Phi) is 5.07. The number of benzene rings is 1. The van der Waals surface area contributed by atoms with Gasteiger partial charge in [0, 0.05) is 17.9 Å². The van der Waals surface area contributed by atoms with E-state index < -0.39 is 0 Å². The molecule has 1 heterocycles. The first-order chi connectivity index (χ1) is 10.3. The Bertz CT molecular complexity index is 471. The standard InChI is InChI=1S/C17H23BrO3/c1-2-19-14-8-12(9-14)10-15(18)13-4-5-16-17(11-13)21-7-3-6-20-16/h4-5,11-12,14-15H,2-3,6-10H2,1H3. The molecule has 2 aliphatic rings. The van der Waals surface area contributed by atoms with Crippen LogP contribution >= 0.6 is 15.9 Å². The Labute approximate surface area is 135 Å². The van der Waals surface area contributed by atoms with E-state index in [0.29, 0.717) is 10.9 Å². The predicted molar refractivity (Wildman–Crippen MR) is 86.5 cm³/mol. The van der Waals surface area contributed by atoms with Crippen molar-refractivity contribution in [3.05, 3.63) is 23.8 Å². The summed E-state index contributed by atoms with van der Waals surface area (Å²) in [4.78, 5) is 0.377. The quantitative estimate of drug-likeness (QED) is 0.729. The Morgan fingerprint density at radius 2 is 2.00 bits per heavy atom. The van der Waals surface area contributed by atoms with Gasteiger partial charge in [-0.25, -0.2) is 0 Å². The van der Waals surface area contributed by atoms with Gasteiger partial charge in [-0.05, 0) is 49.8 Å². The summed E-state index contributed by atoms with van der Waals surface area (Å²) in [5.41, 5.74) is 1.28. The van der Waals surface area contributed by atoms with Crippen molar-refractivity contribution in [3.8, 4) is 11.5 Å². The SMILES string of the molecule is CCOC1CC(CC(Br)c2ccc3c(c2)OCCCO3)C1. The first-order valence-corrected chi connectivity index (χ1v) is 8.83. The average molecular weight is 355 g/mol. The lowest BCUT2D eigenvalue weighted by Crippen LogP contribution is -2.31. The highest BCUT2D eigenvalue weighted by Gasteiger charge is 2.31. The van der Waals surface area contributed by atoms with E-state index in [9.17, 15) is 0 Å². The minimum absolute atomic E-state index is 0.377. The number of halogens is 1. The molecular formula is C17H23BrO3. The van der Waals surface area contributed by atoms with E-state index in [0.717, 1.165) is 50.1 Å². The lowest BCUT2D eigenvalue weighted by molar-refractivity contribution is -0.0264. The van der Waals surface area contributed by atoms with Gasteiger partial charge in [0.05, 0.1) is 19.3 Å². The van der Waals surface area contributed by atoms with Crippen molar-refractivity contribution in [1.29, 1.82) is 0 Å². The molecule has 1 saturated carbocycles. The van der Waals surface area contributed by atoms with Crippen molar-refractivity contribution < 1.29 is 14.2 Å². The molecule has 0 radical (unpaired) electrons. The molecule has 1 aliphatic carbocycles. The number of alkyl halides is 1. The van der Waals surface area contributed by atoms with Gasteiger partial charge in [-0.1, -0.05) is 22.0 Å². The molecule has 3 rings (SSSR count). The van der Waals surface area contributed by atoms with Crippen LogP contribution in [-0.4, -0.2) is 25.9 Å². The van der Waals surface area contributed by atoms with Crippen molar-refractivity contribution in [2.75, 3.05) is 19.8 Å². The van der Waals surface area contributed by atoms with Gasteiger partial charge in [-0.2, -0.15) is 0 Å². The minimum Gasteiger partial charge on any atom is -0.490 e. The third-order valence-electron chi connectivity index (χ3n) is 4.27. The van der Waals surface area contributed by atoms with Crippen molar-refractivity contribution >= 4 is 15.9 Å². The van der Waals surface area contributed by atoms with Crippen LogP contribution in [0.3, 0.4) is 0 Å². The largest absolute Gasteiger partial charge is 0.490 e. The molecule has 0 aromatic heterocycles. The van der Waals surface area contributed by atoms with E-state index in [1.54, 1.807) is 0 Å². The molecule has 1 aliphatic heterocycles. The van der Waals surface area contributed by atoms with E-state index in [-0.39, 0.29) is 0 Å². The molecular weight excluding hydrogens is 332 g/mol. The maximum Gasteiger partial charge on any atom is 0.161 e. The molecule has 1 unspecified atom stereocenters. The number of fused-ring (bicyclic) bond motifs is 1. The van der Waals surface area contributed by atoms with Crippen LogP contribution in [0.5, 0.6) is 11.5 Å². The Balaban J connectivity index is 1.58. The van der Waals surface area contributed by atoms with Gasteiger partial charge >= 0.3 is 0 Å². The molecule has 0 N–H and O–H groups in total. The van der Waals surface area contributed by atoms with Crippen LogP contribution in [-0.2, 0) is 4.74 Å². The summed E-state index contributed by atoms with van der Waals surface area (Å²) >= 11 is 3.83. The van der Waals surface area contributed by atoms with Crippen LogP contribution in [0.4, 0.5) is 0 Å². The molecule has 4 heteroatoms. The van der Waals surface area contributed by atoms with Gasteiger partial charge in [0.2, 0.25) is 0 Å². The maximum atomic E-state index is 5.77. The lowest BCUT2D eigenvalue weighted by Gasteiger charge is -2.36. The number of ether oxygens (including phenoxy) is 3. The fourth-order valence-electron chi connectivity index (χ4n) is 3.04. The zero-order valence-corrected chi connectivity index (χ0v) is 14.1. The highest BCUT2D eigenvalue weighted by Crippen LogP contribution is 2.42. The molecule has 1 atom stereocenters. The summed E-state index contributed by atoms with van der Waals surface area (Å²) in [6.45, 7) is 4.38. The number of hydrogen-bond donors (Lipinski definition) is 0. The molecule has 0 amide bonds. The van der Waals surface area contributed by atoms with E-state index in [1.165, 1.54) is 18.4 Å². The van der Waals surface area contributed by atoms with Crippen LogP contribution < -0.4 is 9.47 Å². The molecule has 0 bridgehead atoms. The summed E-state index contributed by atoms with van der Waals surface area (Å²) in [5.74, 6) is 2.52. The molecule has 116 valence electrons. The van der Waals surface area contributed by atoms with Crippen LogP contribution in [0.25, 0.3) is 0 Å². The summed E-state index contributed by atoms with van der Waals surface area (Å²) in [7, 11) is 0. The summed E-state index contributed by atoms with van der Waals surface area (Å²) < 4.78 is 17.1. The van der Waals surface area contributed by atoms with Crippen molar-refractivity contribution in [1.82, 2.24) is 0 Å². The van der Waals surface area contributed by atoms with Gasteiger partial charge in [-0.3, -0.25) is 0 Å². The van der Waals surface area contributed by atoms with Gasteiger partial charge in [0.25, 0.3) is 0 Å². The van der Waals surface area contributed by atoms with E-state index >= 15 is 0 Å². The second-order valence-electron chi connectivity index (χ2n) is 5.87. The highest BCUT2D eigenvalue weighted by atomic mass is 79.9. The zero-order valence-electron chi connectivity index (χ0n) is 12.5. The minimum atomic E-state index is 0.377. The third kappa shape index (κ3) is 3.72. The van der Waals surface area contributed by atoms with Gasteiger partial charge in [-0.15, -0.1) is 0 Å². The van der Waals surface area contributed by atoms with Crippen molar-refractivity contribution in [2.24, 2.45) is 5.92 Å². The maximum absolute atomic E-state index is 5.77. The van der Waals surface area contributed by atoms with E-state index in [2.05, 4.69) is 35.0 Å². The highest BCUT2D eigenvalue weighted by molar-refractivity contribution is 9.09. The average Bonchev–Trinajstić information content (AvgIpc) is 2.69. The lowest BCUT2D eigenvalue weighted by atomic mass is 9.78. The summed E-state index contributed by atoms with van der Waals surface area (Å²) in [6, 6.07) is 6.30. The molecule has 21 heavy (non-hydrogen) atoms. The Hall–Kier alpha value is -0.740. The molecule has 1 fully saturated rings. The topological polar surface area (TPSA) is 27.7 Å². The predicted octanol–water partition coefficient (Wildman–Crippen LogP) is 4.49. The number of rotatable bonds is 5. The second-order valence-corrected chi connectivity index (χ2v) is 6.98. The monoisotopic (exact) mass is 354 g/mol. The smallest absolute Gasteiger partial charge is 0.161 e. The molecule has 1 aromatic carbocycles. The zero-order chi connectivity index (χ0) is 14.7. The normalized spacial score (nSPS) is 25.8. The van der Waals surface area contributed by atoms with Crippen LogP contribution in [0.1, 0.15) is 43.0 Å². The van der Waals surface area contributed by atoms with E-state index in [1.807, 2.05) is 6.07 Å². The van der Waals surface area contributed by atoms with Crippen LogP contribution in [0.15, 0.2) is 18.2 Å². The Morgan fingerprint density at radius 1 is 1.24 bits per heavy atom. The number of hydrogen-bond acceptors (Lipinski definition) is 3.